The van der Waals surface area contributed by atoms with E-state index in [-0.39, 0.29) is 30.4 Å². The lowest BCUT2D eigenvalue weighted by molar-refractivity contribution is -0.207. The molecule has 0 aliphatic carbocycles. The number of rotatable bonds is 9. The van der Waals surface area contributed by atoms with Crippen molar-refractivity contribution in [2.24, 2.45) is 7.05 Å². The van der Waals surface area contributed by atoms with Crippen LogP contribution in [0.25, 0.3) is 17.1 Å². The molecular formula is C26H23ClF3N9O3. The van der Waals surface area contributed by atoms with Gasteiger partial charge in [0.15, 0.2) is 23.5 Å². The van der Waals surface area contributed by atoms with E-state index in [2.05, 4.69) is 25.3 Å². The van der Waals surface area contributed by atoms with Crippen LogP contribution in [0.2, 0.25) is 5.02 Å². The second kappa shape index (κ2) is 11.3. The van der Waals surface area contributed by atoms with Crippen molar-refractivity contribution >= 4 is 17.4 Å². The number of Topliss-reactive ketones (excluding diaryl/α,β-unsaturated/α-hetero) is 1. The van der Waals surface area contributed by atoms with Crippen LogP contribution in [0.4, 0.5) is 13.2 Å². The lowest BCUT2D eigenvalue weighted by Crippen LogP contribution is -2.37. The predicted octanol–water partition coefficient (Wildman–Crippen LogP) is 2.78. The number of aromatic nitrogens is 9. The predicted molar refractivity (Wildman–Crippen MR) is 143 cm³/mol. The first kappa shape index (κ1) is 28.9. The van der Waals surface area contributed by atoms with E-state index in [0.29, 0.717) is 27.7 Å². The molecule has 1 atom stereocenters. The van der Waals surface area contributed by atoms with Gasteiger partial charge in [0, 0.05) is 29.5 Å². The Morgan fingerprint density at radius 1 is 1.10 bits per heavy atom. The van der Waals surface area contributed by atoms with Gasteiger partial charge in [0.1, 0.15) is 18.6 Å². The number of benzene rings is 1. The zero-order chi connectivity index (χ0) is 30.2. The molecule has 5 rings (SSSR count). The van der Waals surface area contributed by atoms with Crippen LogP contribution >= 0.6 is 11.6 Å². The molecule has 12 nitrogen and oxygen atoms in total. The SMILES string of the molecule is Cc1cc(C(=O)Cc2ncccc2-n2cnc(Cn3nc(-c4ccc(Cl)cc4)n(C[C@H](O)C(F)(F)F)c3=O)n2)nn1C. The molecule has 0 amide bonds. The standard InChI is InChI=1S/C26H23ClF3N9O3/c1-15-10-19(33-36(15)2)21(40)11-18-20(4-3-9-31-18)39-14-32-23(34-39)13-38-25(42)37(12-22(41)26(28,29)30)24(35-38)16-5-7-17(27)8-6-16/h3-10,14,22,41H,11-13H2,1-2H3/t22-/m0/s1. The quantitative estimate of drug-likeness (QED) is 0.255. The Bertz CT molecular complexity index is 1790. The molecular weight excluding hydrogens is 579 g/mol. The molecule has 4 heterocycles. The first-order chi connectivity index (χ1) is 19.9. The smallest absolute Gasteiger partial charge is 0.382 e. The number of carbonyl (C=O) groups excluding carboxylic acids is 1. The van der Waals surface area contributed by atoms with Gasteiger partial charge in [0.05, 0.1) is 24.3 Å². The Labute approximate surface area is 240 Å². The highest BCUT2D eigenvalue weighted by atomic mass is 35.5. The summed E-state index contributed by atoms with van der Waals surface area (Å²) in [4.78, 5) is 34.5. The molecule has 0 saturated heterocycles. The molecule has 0 unspecified atom stereocenters. The van der Waals surface area contributed by atoms with Crippen molar-refractivity contribution in [2.45, 2.75) is 38.7 Å². The van der Waals surface area contributed by atoms with Gasteiger partial charge in [-0.3, -0.25) is 19.0 Å². The van der Waals surface area contributed by atoms with E-state index in [1.54, 1.807) is 29.9 Å². The van der Waals surface area contributed by atoms with E-state index < -0.39 is 24.5 Å². The van der Waals surface area contributed by atoms with Crippen molar-refractivity contribution in [3.05, 3.63) is 93.4 Å². The van der Waals surface area contributed by atoms with Crippen LogP contribution < -0.4 is 5.69 Å². The summed E-state index contributed by atoms with van der Waals surface area (Å²) < 4.78 is 44.0. The number of carbonyl (C=O) groups is 1. The summed E-state index contributed by atoms with van der Waals surface area (Å²) in [5.74, 6) is -0.230. The summed E-state index contributed by atoms with van der Waals surface area (Å²) in [5.41, 5.74) is 1.41. The number of nitrogens with zero attached hydrogens (tertiary/aromatic N) is 9. The van der Waals surface area contributed by atoms with Gasteiger partial charge in [-0.1, -0.05) is 11.6 Å². The molecule has 0 saturated carbocycles. The molecule has 4 aromatic heterocycles. The summed E-state index contributed by atoms with van der Waals surface area (Å²) in [6.45, 7) is 0.479. The zero-order valence-corrected chi connectivity index (χ0v) is 23.0. The normalized spacial score (nSPS) is 12.5. The van der Waals surface area contributed by atoms with Gasteiger partial charge in [0.2, 0.25) is 0 Å². The first-order valence-electron chi connectivity index (χ1n) is 12.5. The fourth-order valence-corrected chi connectivity index (χ4v) is 4.26. The molecule has 42 heavy (non-hydrogen) atoms. The van der Waals surface area contributed by atoms with Crippen LogP contribution in [0, 0.1) is 6.92 Å². The summed E-state index contributed by atoms with van der Waals surface area (Å²) in [6, 6.07) is 11.0. The van der Waals surface area contributed by atoms with Crippen molar-refractivity contribution in [3.8, 4) is 17.1 Å². The summed E-state index contributed by atoms with van der Waals surface area (Å²) in [6.07, 6.45) is -4.90. The number of halogens is 4. The van der Waals surface area contributed by atoms with Crippen LogP contribution in [0.5, 0.6) is 0 Å². The van der Waals surface area contributed by atoms with E-state index in [0.717, 1.165) is 14.9 Å². The van der Waals surface area contributed by atoms with Gasteiger partial charge in [-0.05, 0) is 49.4 Å². The fourth-order valence-electron chi connectivity index (χ4n) is 4.13. The minimum absolute atomic E-state index is 0.0579. The van der Waals surface area contributed by atoms with Crippen molar-refractivity contribution in [1.82, 2.24) is 43.9 Å². The number of aliphatic hydroxyl groups is 1. The average molecular weight is 602 g/mol. The topological polar surface area (TPSA) is 139 Å². The molecule has 0 radical (unpaired) electrons. The number of ketones is 1. The minimum atomic E-state index is -4.95. The van der Waals surface area contributed by atoms with Crippen LogP contribution in [-0.2, 0) is 26.6 Å². The highest BCUT2D eigenvalue weighted by molar-refractivity contribution is 6.30. The van der Waals surface area contributed by atoms with Gasteiger partial charge in [-0.2, -0.15) is 18.3 Å². The van der Waals surface area contributed by atoms with Crippen molar-refractivity contribution < 1.29 is 23.1 Å². The monoisotopic (exact) mass is 601 g/mol. The largest absolute Gasteiger partial charge is 0.416 e. The lowest BCUT2D eigenvalue weighted by atomic mass is 10.1. The molecule has 0 bridgehead atoms. The lowest BCUT2D eigenvalue weighted by Gasteiger charge is -2.15. The second-order valence-corrected chi connectivity index (χ2v) is 9.84. The highest BCUT2D eigenvalue weighted by Gasteiger charge is 2.39. The third-order valence-corrected chi connectivity index (χ3v) is 6.68. The molecule has 16 heteroatoms. The van der Waals surface area contributed by atoms with Crippen LogP contribution in [0.15, 0.2) is 59.8 Å². The third kappa shape index (κ3) is 6.01. The molecule has 0 aliphatic rings. The number of hydrogen-bond acceptors (Lipinski definition) is 8. The van der Waals surface area contributed by atoms with Crippen molar-refractivity contribution in [2.75, 3.05) is 0 Å². The minimum Gasteiger partial charge on any atom is -0.382 e. The summed E-state index contributed by atoms with van der Waals surface area (Å²) >= 11 is 5.93. The van der Waals surface area contributed by atoms with Crippen molar-refractivity contribution in [3.63, 3.8) is 0 Å². The molecule has 0 spiro atoms. The Hall–Kier alpha value is -4.63. The van der Waals surface area contributed by atoms with Crippen LogP contribution in [0.1, 0.15) is 27.7 Å². The van der Waals surface area contributed by atoms with E-state index in [4.69, 9.17) is 11.6 Å². The fraction of sp³-hybridized carbons (Fsp3) is 0.269. The van der Waals surface area contributed by atoms with E-state index in [1.807, 2.05) is 6.92 Å². The van der Waals surface area contributed by atoms with Crippen LogP contribution in [-0.4, -0.2) is 67.0 Å². The maximum Gasteiger partial charge on any atom is 0.416 e. The van der Waals surface area contributed by atoms with E-state index in [9.17, 15) is 27.9 Å². The van der Waals surface area contributed by atoms with Gasteiger partial charge in [0.25, 0.3) is 0 Å². The Balaban J connectivity index is 1.43. The number of alkyl halides is 3. The Morgan fingerprint density at radius 3 is 2.50 bits per heavy atom. The van der Waals surface area contributed by atoms with Crippen molar-refractivity contribution in [1.29, 1.82) is 0 Å². The first-order valence-corrected chi connectivity index (χ1v) is 12.9. The van der Waals surface area contributed by atoms with Gasteiger partial charge >= 0.3 is 11.9 Å². The van der Waals surface area contributed by atoms with Crippen LogP contribution in [0.3, 0.4) is 0 Å². The van der Waals surface area contributed by atoms with E-state index in [1.165, 1.54) is 41.5 Å². The molecule has 0 aliphatic heterocycles. The maximum absolute atomic E-state index is 13.2. The number of hydrogen-bond donors (Lipinski definition) is 1. The average Bonchev–Trinajstić information content (AvgIpc) is 3.63. The molecule has 5 aromatic rings. The third-order valence-electron chi connectivity index (χ3n) is 6.43. The maximum atomic E-state index is 13.2. The zero-order valence-electron chi connectivity index (χ0n) is 22.2. The molecule has 1 N–H and O–H groups in total. The highest BCUT2D eigenvalue weighted by Crippen LogP contribution is 2.24. The Kier molecular flexibility index (Phi) is 7.79. The summed E-state index contributed by atoms with van der Waals surface area (Å²) in [5, 5.41) is 22.9. The van der Waals surface area contributed by atoms with Gasteiger partial charge < -0.3 is 5.11 Å². The van der Waals surface area contributed by atoms with E-state index >= 15 is 0 Å². The summed E-state index contributed by atoms with van der Waals surface area (Å²) in [7, 11) is 1.74. The Morgan fingerprint density at radius 2 is 1.83 bits per heavy atom. The second-order valence-electron chi connectivity index (χ2n) is 9.41. The molecule has 0 fully saturated rings. The van der Waals surface area contributed by atoms with Gasteiger partial charge in [-0.25, -0.2) is 19.1 Å². The number of aliphatic hydroxyl groups excluding tert-OH is 1. The van der Waals surface area contributed by atoms with Gasteiger partial charge in [-0.15, -0.1) is 10.2 Å². The number of aryl methyl sites for hydroxylation is 2. The number of pyridine rings is 1. The molecule has 1 aromatic carbocycles. The molecule has 218 valence electrons.